The van der Waals surface area contributed by atoms with Gasteiger partial charge < -0.3 is 10.2 Å². The molecule has 0 bridgehead atoms. The standard InChI is InChI=1S/C29H31BrN2O2/c1-32(19-8-13-27(33)22-14-16-26(30)17-15-22)20-18-25(21-32)29(28(31)34,23-9-4-2-5-10-23)24-11-6-3-7-12-24/h2-7,9-12,14-17,25H,8,13,18-21H2,1H3,(H-,31,34)/p+1. The van der Waals surface area contributed by atoms with E-state index in [0.29, 0.717) is 6.42 Å². The summed E-state index contributed by atoms with van der Waals surface area (Å²) < 4.78 is 1.81. The van der Waals surface area contributed by atoms with Gasteiger partial charge in [0.15, 0.2) is 5.78 Å². The SMILES string of the molecule is C[N+]1(CCCC(=O)c2ccc(Br)cc2)CCC(C(C(N)=O)(c2ccccc2)c2ccccc2)C1. The van der Waals surface area contributed by atoms with E-state index in [0.717, 1.165) is 58.1 Å². The average molecular weight is 520 g/mol. The fourth-order valence-electron chi connectivity index (χ4n) is 5.67. The van der Waals surface area contributed by atoms with E-state index in [9.17, 15) is 9.59 Å². The molecule has 0 aromatic heterocycles. The molecular formula is C29H32BrN2O2+. The van der Waals surface area contributed by atoms with Crippen LogP contribution < -0.4 is 5.73 Å². The first-order chi connectivity index (χ1) is 16.3. The second-order valence-electron chi connectivity index (χ2n) is 9.67. The minimum Gasteiger partial charge on any atom is -0.369 e. The van der Waals surface area contributed by atoms with Crippen LogP contribution in [0.4, 0.5) is 0 Å². The van der Waals surface area contributed by atoms with Gasteiger partial charge in [-0.05, 0) is 23.3 Å². The summed E-state index contributed by atoms with van der Waals surface area (Å²) in [4.78, 5) is 25.9. The number of halogens is 1. The van der Waals surface area contributed by atoms with Gasteiger partial charge in [-0.15, -0.1) is 0 Å². The van der Waals surface area contributed by atoms with Crippen molar-refractivity contribution >= 4 is 27.6 Å². The van der Waals surface area contributed by atoms with Crippen molar-refractivity contribution in [3.05, 3.63) is 106 Å². The number of carbonyl (C=O) groups excluding carboxylic acids is 2. The van der Waals surface area contributed by atoms with Crippen molar-refractivity contribution in [2.75, 3.05) is 26.7 Å². The molecule has 2 atom stereocenters. The number of hydrogen-bond acceptors (Lipinski definition) is 2. The Morgan fingerprint density at radius 1 is 0.941 bits per heavy atom. The molecule has 1 fully saturated rings. The van der Waals surface area contributed by atoms with Crippen molar-refractivity contribution in [1.29, 1.82) is 0 Å². The Hall–Kier alpha value is -2.76. The molecule has 1 aliphatic heterocycles. The van der Waals surface area contributed by atoms with Crippen molar-refractivity contribution in [2.24, 2.45) is 11.7 Å². The third-order valence-electron chi connectivity index (χ3n) is 7.41. The molecule has 176 valence electrons. The number of carbonyl (C=O) groups is 2. The van der Waals surface area contributed by atoms with Crippen LogP contribution in [0.1, 0.15) is 40.7 Å². The van der Waals surface area contributed by atoms with Gasteiger partial charge in [0, 0.05) is 35.2 Å². The lowest BCUT2D eigenvalue weighted by Crippen LogP contribution is -2.51. The molecule has 5 heteroatoms. The van der Waals surface area contributed by atoms with Crippen LogP contribution in [-0.2, 0) is 10.2 Å². The predicted molar refractivity (Wildman–Crippen MR) is 139 cm³/mol. The number of hydrogen-bond donors (Lipinski definition) is 1. The summed E-state index contributed by atoms with van der Waals surface area (Å²) in [5, 5.41) is 0. The molecule has 2 N–H and O–H groups in total. The molecule has 0 aliphatic carbocycles. The average Bonchev–Trinajstić information content (AvgIpc) is 3.23. The van der Waals surface area contributed by atoms with Crippen LogP contribution in [0.2, 0.25) is 0 Å². The van der Waals surface area contributed by atoms with E-state index in [2.05, 4.69) is 23.0 Å². The van der Waals surface area contributed by atoms with Crippen LogP contribution in [0, 0.1) is 5.92 Å². The van der Waals surface area contributed by atoms with Crippen molar-refractivity contribution in [3.63, 3.8) is 0 Å². The normalized spacial score (nSPS) is 20.2. The zero-order chi connectivity index (χ0) is 24.2. The maximum Gasteiger partial charge on any atom is 0.233 e. The Balaban J connectivity index is 1.53. The number of quaternary nitrogens is 1. The molecular weight excluding hydrogens is 488 g/mol. The maximum absolute atomic E-state index is 13.3. The number of likely N-dealkylation sites (tertiary alicyclic amines) is 1. The Bertz CT molecular complexity index is 1090. The second-order valence-corrected chi connectivity index (χ2v) is 10.6. The van der Waals surface area contributed by atoms with Crippen LogP contribution in [-0.4, -0.2) is 42.9 Å². The highest BCUT2D eigenvalue weighted by atomic mass is 79.9. The summed E-state index contributed by atoms with van der Waals surface area (Å²) in [6.45, 7) is 2.71. The zero-order valence-electron chi connectivity index (χ0n) is 19.6. The van der Waals surface area contributed by atoms with E-state index in [1.165, 1.54) is 0 Å². The smallest absolute Gasteiger partial charge is 0.233 e. The highest BCUT2D eigenvalue weighted by Gasteiger charge is 2.53. The lowest BCUT2D eigenvalue weighted by molar-refractivity contribution is -0.899. The Morgan fingerprint density at radius 3 is 2.03 bits per heavy atom. The lowest BCUT2D eigenvalue weighted by atomic mass is 9.64. The number of benzene rings is 3. The van der Waals surface area contributed by atoms with E-state index in [1.54, 1.807) is 0 Å². The molecule has 4 nitrogen and oxygen atoms in total. The summed E-state index contributed by atoms with van der Waals surface area (Å²) in [5.74, 6) is -0.0364. The number of nitrogens with zero attached hydrogens (tertiary/aromatic N) is 1. The molecule has 0 saturated carbocycles. The fraction of sp³-hybridized carbons (Fsp3) is 0.310. The summed E-state index contributed by atoms with van der Waals surface area (Å²) in [6, 6.07) is 27.5. The first-order valence-corrected chi connectivity index (χ1v) is 12.7. The zero-order valence-corrected chi connectivity index (χ0v) is 21.2. The van der Waals surface area contributed by atoms with Gasteiger partial charge in [0.25, 0.3) is 0 Å². The van der Waals surface area contributed by atoms with Crippen LogP contribution in [0.25, 0.3) is 0 Å². The number of amides is 1. The Labute approximate surface area is 210 Å². The number of nitrogens with two attached hydrogens (primary N) is 1. The highest BCUT2D eigenvalue weighted by Crippen LogP contribution is 2.45. The molecule has 1 aliphatic rings. The van der Waals surface area contributed by atoms with Gasteiger partial charge in [-0.3, -0.25) is 9.59 Å². The minimum atomic E-state index is -0.869. The molecule has 3 aromatic carbocycles. The van der Waals surface area contributed by atoms with Gasteiger partial charge in [-0.2, -0.15) is 0 Å². The van der Waals surface area contributed by atoms with Crippen LogP contribution in [0.3, 0.4) is 0 Å². The van der Waals surface area contributed by atoms with Crippen LogP contribution in [0.5, 0.6) is 0 Å². The van der Waals surface area contributed by atoms with Crippen LogP contribution in [0.15, 0.2) is 89.4 Å². The third kappa shape index (κ3) is 4.86. The van der Waals surface area contributed by atoms with Gasteiger partial charge in [0.05, 0.1) is 26.7 Å². The predicted octanol–water partition coefficient (Wildman–Crippen LogP) is 5.35. The minimum absolute atomic E-state index is 0.0852. The summed E-state index contributed by atoms with van der Waals surface area (Å²) >= 11 is 3.42. The second kappa shape index (κ2) is 10.2. The molecule has 0 radical (unpaired) electrons. The van der Waals surface area contributed by atoms with Gasteiger partial charge in [-0.25, -0.2) is 0 Å². The third-order valence-corrected chi connectivity index (χ3v) is 7.93. The summed E-state index contributed by atoms with van der Waals surface area (Å²) in [6.07, 6.45) is 2.25. The summed E-state index contributed by atoms with van der Waals surface area (Å²) in [5.41, 5.74) is 8.02. The number of primary amides is 1. The molecule has 1 saturated heterocycles. The molecule has 2 unspecified atom stereocenters. The molecule has 1 heterocycles. The topological polar surface area (TPSA) is 60.2 Å². The molecule has 4 rings (SSSR count). The Kier molecular flexibility index (Phi) is 7.34. The van der Waals surface area contributed by atoms with Crippen molar-refractivity contribution in [2.45, 2.75) is 24.7 Å². The van der Waals surface area contributed by atoms with E-state index < -0.39 is 5.41 Å². The van der Waals surface area contributed by atoms with E-state index >= 15 is 0 Å². The number of ketones is 1. The molecule has 34 heavy (non-hydrogen) atoms. The highest BCUT2D eigenvalue weighted by molar-refractivity contribution is 9.10. The maximum atomic E-state index is 13.3. The van der Waals surface area contributed by atoms with Gasteiger partial charge in [0.2, 0.25) is 5.91 Å². The van der Waals surface area contributed by atoms with E-state index in [1.807, 2.05) is 84.9 Å². The lowest BCUT2D eigenvalue weighted by Gasteiger charge is -2.38. The fourth-order valence-corrected chi connectivity index (χ4v) is 5.93. The largest absolute Gasteiger partial charge is 0.369 e. The van der Waals surface area contributed by atoms with Crippen molar-refractivity contribution in [3.8, 4) is 0 Å². The first-order valence-electron chi connectivity index (χ1n) is 11.9. The van der Waals surface area contributed by atoms with Crippen molar-refractivity contribution in [1.82, 2.24) is 0 Å². The number of rotatable bonds is 9. The van der Waals surface area contributed by atoms with Gasteiger partial charge in [0.1, 0.15) is 5.41 Å². The quantitative estimate of drug-likeness (QED) is 0.306. The monoisotopic (exact) mass is 519 g/mol. The van der Waals surface area contributed by atoms with E-state index in [-0.39, 0.29) is 17.6 Å². The van der Waals surface area contributed by atoms with Gasteiger partial charge in [-0.1, -0.05) is 88.7 Å². The Morgan fingerprint density at radius 2 is 1.50 bits per heavy atom. The molecule has 0 spiro atoms. The molecule has 3 aromatic rings. The number of Topliss-reactive ketones (excluding diaryl/α,β-unsaturated/α-hetero) is 1. The van der Waals surface area contributed by atoms with Gasteiger partial charge >= 0.3 is 0 Å². The summed E-state index contributed by atoms with van der Waals surface area (Å²) in [7, 11) is 2.24. The van der Waals surface area contributed by atoms with Crippen LogP contribution >= 0.6 is 15.9 Å². The first kappa shape index (κ1) is 24.4. The molecule has 1 amide bonds. The van der Waals surface area contributed by atoms with Crippen molar-refractivity contribution < 1.29 is 14.1 Å². The van der Waals surface area contributed by atoms with E-state index in [4.69, 9.17) is 5.73 Å².